The predicted molar refractivity (Wildman–Crippen MR) is 74.5 cm³/mol. The molecule has 19 heavy (non-hydrogen) atoms. The summed E-state index contributed by atoms with van der Waals surface area (Å²) in [6.45, 7) is 0. The van der Waals surface area contributed by atoms with E-state index in [4.69, 9.17) is 0 Å². The Labute approximate surface area is 110 Å². The summed E-state index contributed by atoms with van der Waals surface area (Å²) in [7, 11) is 1.75. The number of nitrogens with zero attached hydrogens (tertiary/aromatic N) is 1. The molecule has 3 heteroatoms. The van der Waals surface area contributed by atoms with Gasteiger partial charge in [-0.05, 0) is 6.07 Å². The Bertz CT molecular complexity index is 757. The van der Waals surface area contributed by atoms with Crippen LogP contribution >= 0.6 is 0 Å². The van der Waals surface area contributed by atoms with Gasteiger partial charge in [0, 0.05) is 18.0 Å². The van der Waals surface area contributed by atoms with Crippen molar-refractivity contribution in [3.8, 4) is 5.88 Å². The fourth-order valence-corrected chi connectivity index (χ4v) is 2.34. The van der Waals surface area contributed by atoms with Gasteiger partial charge in [0.25, 0.3) is 0 Å². The van der Waals surface area contributed by atoms with E-state index in [1.54, 1.807) is 23.7 Å². The molecule has 0 atom stereocenters. The van der Waals surface area contributed by atoms with Crippen LogP contribution in [0.25, 0.3) is 10.9 Å². The second-order valence-electron chi connectivity index (χ2n) is 4.47. The summed E-state index contributed by atoms with van der Waals surface area (Å²) in [6.07, 6.45) is 0. The van der Waals surface area contributed by atoms with Crippen LogP contribution in [0.5, 0.6) is 5.88 Å². The Kier molecular flexibility index (Phi) is 2.60. The van der Waals surface area contributed by atoms with Crippen molar-refractivity contribution in [3.05, 3.63) is 65.7 Å². The van der Waals surface area contributed by atoms with Gasteiger partial charge >= 0.3 is 0 Å². The average Bonchev–Trinajstić information content (AvgIpc) is 2.72. The van der Waals surface area contributed by atoms with Gasteiger partial charge in [0.15, 0.2) is 5.78 Å². The molecule has 1 aromatic heterocycles. The Morgan fingerprint density at radius 1 is 1.00 bits per heavy atom. The Morgan fingerprint density at radius 3 is 2.37 bits per heavy atom. The molecule has 0 spiro atoms. The molecule has 3 rings (SSSR count). The Balaban J connectivity index is 2.26. The fourth-order valence-electron chi connectivity index (χ4n) is 2.34. The smallest absolute Gasteiger partial charge is 0.203 e. The van der Waals surface area contributed by atoms with E-state index in [1.165, 1.54) is 0 Å². The molecule has 2 aromatic carbocycles. The minimum absolute atomic E-state index is 0.00931. The minimum atomic E-state index is -0.157. The number of aromatic nitrogens is 1. The zero-order valence-electron chi connectivity index (χ0n) is 10.5. The van der Waals surface area contributed by atoms with Crippen LogP contribution < -0.4 is 0 Å². The number of ketones is 1. The van der Waals surface area contributed by atoms with Crippen LogP contribution in [-0.4, -0.2) is 15.5 Å². The van der Waals surface area contributed by atoms with Gasteiger partial charge in [-0.1, -0.05) is 48.5 Å². The standard InChI is InChI=1S/C16H13NO2/c1-17-13-10-6-5-9-12(13)14(16(17)19)15(18)11-7-3-2-4-8-11/h2-10,19H,1H3. The zero-order chi connectivity index (χ0) is 13.4. The number of hydrogen-bond donors (Lipinski definition) is 1. The fraction of sp³-hybridized carbons (Fsp3) is 0.0625. The number of benzene rings is 2. The maximum atomic E-state index is 12.5. The normalized spacial score (nSPS) is 10.8. The number of aromatic hydroxyl groups is 1. The molecular formula is C16H13NO2. The third-order valence-corrected chi connectivity index (χ3v) is 3.34. The Hall–Kier alpha value is -2.55. The second kappa shape index (κ2) is 4.28. The minimum Gasteiger partial charge on any atom is -0.494 e. The molecule has 0 amide bonds. The highest BCUT2D eigenvalue weighted by Gasteiger charge is 2.21. The summed E-state index contributed by atoms with van der Waals surface area (Å²) in [5.74, 6) is -0.148. The summed E-state index contributed by atoms with van der Waals surface area (Å²) >= 11 is 0. The van der Waals surface area contributed by atoms with Crippen LogP contribution in [0.1, 0.15) is 15.9 Å². The first-order valence-electron chi connectivity index (χ1n) is 6.06. The van der Waals surface area contributed by atoms with Gasteiger partial charge in [-0.15, -0.1) is 0 Å². The van der Waals surface area contributed by atoms with E-state index in [-0.39, 0.29) is 11.7 Å². The molecule has 1 N–H and O–H groups in total. The third-order valence-electron chi connectivity index (χ3n) is 3.34. The maximum absolute atomic E-state index is 12.5. The molecule has 1 heterocycles. The zero-order valence-corrected chi connectivity index (χ0v) is 10.5. The summed E-state index contributed by atoms with van der Waals surface area (Å²) in [5.41, 5.74) is 1.79. The average molecular weight is 251 g/mol. The van der Waals surface area contributed by atoms with Gasteiger partial charge in [0.1, 0.15) is 0 Å². The molecule has 94 valence electrons. The highest BCUT2D eigenvalue weighted by Crippen LogP contribution is 2.31. The SMILES string of the molecule is Cn1c(O)c(C(=O)c2ccccc2)c2ccccc21. The molecule has 0 saturated heterocycles. The lowest BCUT2D eigenvalue weighted by Gasteiger charge is -2.00. The molecule has 0 aliphatic carbocycles. The van der Waals surface area contributed by atoms with Crippen LogP contribution in [0.4, 0.5) is 0 Å². The van der Waals surface area contributed by atoms with Gasteiger partial charge in [-0.25, -0.2) is 0 Å². The number of carbonyl (C=O) groups is 1. The Morgan fingerprint density at radius 2 is 1.63 bits per heavy atom. The summed E-state index contributed by atoms with van der Waals surface area (Å²) < 4.78 is 1.63. The maximum Gasteiger partial charge on any atom is 0.203 e. The lowest BCUT2D eigenvalue weighted by atomic mass is 10.0. The molecule has 0 bridgehead atoms. The van der Waals surface area contributed by atoms with Crippen LogP contribution in [0, 0.1) is 0 Å². The lowest BCUT2D eigenvalue weighted by Crippen LogP contribution is -2.00. The van der Waals surface area contributed by atoms with Crippen LogP contribution in [-0.2, 0) is 7.05 Å². The van der Waals surface area contributed by atoms with Crippen molar-refractivity contribution >= 4 is 16.7 Å². The van der Waals surface area contributed by atoms with Gasteiger partial charge in [-0.2, -0.15) is 0 Å². The molecular weight excluding hydrogens is 238 g/mol. The van der Waals surface area contributed by atoms with Crippen molar-refractivity contribution in [1.82, 2.24) is 4.57 Å². The van der Waals surface area contributed by atoms with Crippen molar-refractivity contribution in [2.75, 3.05) is 0 Å². The van der Waals surface area contributed by atoms with Crippen molar-refractivity contribution < 1.29 is 9.90 Å². The first-order valence-corrected chi connectivity index (χ1v) is 6.06. The van der Waals surface area contributed by atoms with Gasteiger partial charge in [-0.3, -0.25) is 4.79 Å². The lowest BCUT2D eigenvalue weighted by molar-refractivity contribution is 0.103. The monoisotopic (exact) mass is 251 g/mol. The third kappa shape index (κ3) is 1.71. The van der Waals surface area contributed by atoms with E-state index in [9.17, 15) is 9.90 Å². The quantitative estimate of drug-likeness (QED) is 0.711. The molecule has 0 fully saturated rings. The first-order chi connectivity index (χ1) is 9.20. The summed E-state index contributed by atoms with van der Waals surface area (Å²) in [6, 6.07) is 16.5. The topological polar surface area (TPSA) is 42.2 Å². The van der Waals surface area contributed by atoms with Gasteiger partial charge in [0.05, 0.1) is 11.1 Å². The van der Waals surface area contributed by atoms with Crippen molar-refractivity contribution in [2.45, 2.75) is 0 Å². The number of rotatable bonds is 2. The van der Waals surface area contributed by atoms with Crippen molar-refractivity contribution in [3.63, 3.8) is 0 Å². The first kappa shape index (κ1) is 11.5. The van der Waals surface area contributed by atoms with Crippen molar-refractivity contribution in [2.24, 2.45) is 7.05 Å². The van der Waals surface area contributed by atoms with E-state index in [0.29, 0.717) is 11.1 Å². The molecule has 3 aromatic rings. The predicted octanol–water partition coefficient (Wildman–Crippen LogP) is 3.11. The van der Waals surface area contributed by atoms with E-state index < -0.39 is 0 Å². The number of carbonyl (C=O) groups excluding carboxylic acids is 1. The van der Waals surface area contributed by atoms with E-state index in [0.717, 1.165) is 10.9 Å². The highest BCUT2D eigenvalue weighted by molar-refractivity contribution is 6.18. The van der Waals surface area contributed by atoms with Crippen LogP contribution in [0.2, 0.25) is 0 Å². The van der Waals surface area contributed by atoms with Crippen LogP contribution in [0.3, 0.4) is 0 Å². The number of fused-ring (bicyclic) bond motifs is 1. The molecule has 0 unspecified atom stereocenters. The molecule has 0 saturated carbocycles. The van der Waals surface area contributed by atoms with Crippen LogP contribution in [0.15, 0.2) is 54.6 Å². The summed E-state index contributed by atoms with van der Waals surface area (Å²) in [4.78, 5) is 12.5. The van der Waals surface area contributed by atoms with E-state index in [2.05, 4.69) is 0 Å². The number of para-hydroxylation sites is 1. The molecule has 3 nitrogen and oxygen atoms in total. The van der Waals surface area contributed by atoms with Crippen molar-refractivity contribution in [1.29, 1.82) is 0 Å². The summed E-state index contributed by atoms with van der Waals surface area (Å²) in [5, 5.41) is 11.0. The number of hydrogen-bond acceptors (Lipinski definition) is 2. The van der Waals surface area contributed by atoms with E-state index in [1.807, 2.05) is 42.5 Å². The number of aryl methyl sites for hydroxylation is 1. The van der Waals surface area contributed by atoms with Gasteiger partial charge < -0.3 is 9.67 Å². The molecule has 0 aliphatic rings. The second-order valence-corrected chi connectivity index (χ2v) is 4.47. The van der Waals surface area contributed by atoms with Gasteiger partial charge in [0.2, 0.25) is 5.88 Å². The highest BCUT2D eigenvalue weighted by atomic mass is 16.3. The molecule has 0 radical (unpaired) electrons. The van der Waals surface area contributed by atoms with E-state index >= 15 is 0 Å². The largest absolute Gasteiger partial charge is 0.494 e. The molecule has 0 aliphatic heterocycles.